The molecule has 0 saturated heterocycles. The SMILES string of the molecule is NCCCOc1ccc(-c2ccc(C(F)(F)F)cc2)cc1CNCCCCN=C(N)N. The summed E-state index contributed by atoms with van der Waals surface area (Å²) in [6.45, 7) is 2.96. The molecule has 0 saturated carbocycles. The van der Waals surface area contributed by atoms with E-state index in [4.69, 9.17) is 21.9 Å². The van der Waals surface area contributed by atoms with Gasteiger partial charge in [0.1, 0.15) is 5.75 Å². The Hall–Kier alpha value is -2.78. The van der Waals surface area contributed by atoms with Crippen molar-refractivity contribution in [2.75, 3.05) is 26.2 Å². The molecule has 0 spiro atoms. The fraction of sp³-hybridized carbons (Fsp3) is 0.409. The number of benzene rings is 2. The number of alkyl halides is 3. The zero-order valence-corrected chi connectivity index (χ0v) is 17.4. The standard InChI is InChI=1S/C22H30F3N5O/c23-22(24,25)19-7-4-16(5-8-19)17-6-9-20(31-13-3-10-26)18(14-17)15-29-11-1-2-12-30-21(27)28/h4-9,14,29H,1-3,10-13,15,26H2,(H4,27,28,30). The average Bonchev–Trinajstić information content (AvgIpc) is 2.73. The minimum atomic E-state index is -4.35. The highest BCUT2D eigenvalue weighted by Crippen LogP contribution is 2.32. The molecule has 9 heteroatoms. The van der Waals surface area contributed by atoms with Crippen LogP contribution in [0.5, 0.6) is 5.75 Å². The third kappa shape index (κ3) is 8.47. The van der Waals surface area contributed by atoms with E-state index in [0.717, 1.165) is 54.8 Å². The molecule has 2 rings (SSSR count). The first-order valence-corrected chi connectivity index (χ1v) is 10.2. The second kappa shape index (κ2) is 12.2. The van der Waals surface area contributed by atoms with Gasteiger partial charge in [0.2, 0.25) is 0 Å². The summed E-state index contributed by atoms with van der Waals surface area (Å²) in [5.41, 5.74) is 17.9. The van der Waals surface area contributed by atoms with Gasteiger partial charge >= 0.3 is 6.18 Å². The minimum Gasteiger partial charge on any atom is -0.493 e. The summed E-state index contributed by atoms with van der Waals surface area (Å²) in [4.78, 5) is 3.95. The maximum absolute atomic E-state index is 12.8. The van der Waals surface area contributed by atoms with Crippen LogP contribution >= 0.6 is 0 Å². The normalized spacial score (nSPS) is 11.4. The highest BCUT2D eigenvalue weighted by atomic mass is 19.4. The van der Waals surface area contributed by atoms with Gasteiger partial charge in [-0.1, -0.05) is 18.2 Å². The van der Waals surface area contributed by atoms with Crippen LogP contribution in [0.4, 0.5) is 13.2 Å². The Morgan fingerprint density at radius 2 is 1.68 bits per heavy atom. The topological polar surface area (TPSA) is 112 Å². The summed E-state index contributed by atoms with van der Waals surface area (Å²) in [5.74, 6) is 0.824. The van der Waals surface area contributed by atoms with Gasteiger partial charge in [-0.05, 0) is 67.7 Å². The number of hydrogen-bond donors (Lipinski definition) is 4. The van der Waals surface area contributed by atoms with Crippen LogP contribution < -0.4 is 27.3 Å². The lowest BCUT2D eigenvalue weighted by atomic mass is 10.0. The molecule has 0 amide bonds. The van der Waals surface area contributed by atoms with Crippen molar-refractivity contribution in [3.8, 4) is 16.9 Å². The Bertz CT molecular complexity index is 834. The monoisotopic (exact) mass is 437 g/mol. The van der Waals surface area contributed by atoms with Crippen LogP contribution in [0.3, 0.4) is 0 Å². The number of hydrogen-bond acceptors (Lipinski definition) is 4. The maximum atomic E-state index is 12.8. The summed E-state index contributed by atoms with van der Waals surface area (Å²) in [6, 6.07) is 10.8. The Balaban J connectivity index is 2.06. The zero-order chi connectivity index (χ0) is 22.7. The van der Waals surface area contributed by atoms with Crippen LogP contribution in [-0.4, -0.2) is 32.2 Å². The van der Waals surface area contributed by atoms with Gasteiger partial charge in [-0.3, -0.25) is 4.99 Å². The Labute approximate surface area is 180 Å². The molecule has 0 aromatic heterocycles. The number of rotatable bonds is 12. The van der Waals surface area contributed by atoms with Crippen molar-refractivity contribution in [3.63, 3.8) is 0 Å². The number of nitrogens with two attached hydrogens (primary N) is 3. The molecule has 2 aromatic carbocycles. The molecule has 0 aliphatic heterocycles. The molecule has 0 bridgehead atoms. The lowest BCUT2D eigenvalue weighted by molar-refractivity contribution is -0.137. The third-order valence-corrected chi connectivity index (χ3v) is 4.58. The van der Waals surface area contributed by atoms with Gasteiger partial charge in [-0.25, -0.2) is 0 Å². The Morgan fingerprint density at radius 1 is 0.968 bits per heavy atom. The van der Waals surface area contributed by atoms with Gasteiger partial charge in [-0.15, -0.1) is 0 Å². The molecule has 0 aliphatic carbocycles. The molecule has 170 valence electrons. The zero-order valence-electron chi connectivity index (χ0n) is 17.4. The van der Waals surface area contributed by atoms with Gasteiger partial charge in [0.15, 0.2) is 5.96 Å². The van der Waals surface area contributed by atoms with Crippen molar-refractivity contribution < 1.29 is 17.9 Å². The van der Waals surface area contributed by atoms with Crippen LogP contribution in [0.2, 0.25) is 0 Å². The van der Waals surface area contributed by atoms with Crippen LogP contribution in [-0.2, 0) is 12.7 Å². The first-order chi connectivity index (χ1) is 14.8. The quantitative estimate of drug-likeness (QED) is 0.231. The molecule has 0 heterocycles. The first-order valence-electron chi connectivity index (χ1n) is 10.2. The number of ether oxygens (including phenoxy) is 1. The van der Waals surface area contributed by atoms with Gasteiger partial charge in [0.05, 0.1) is 12.2 Å². The molecule has 0 fully saturated rings. The van der Waals surface area contributed by atoms with Crippen LogP contribution in [0.25, 0.3) is 11.1 Å². The van der Waals surface area contributed by atoms with E-state index in [2.05, 4.69) is 10.3 Å². The van der Waals surface area contributed by atoms with Crippen LogP contribution in [0.1, 0.15) is 30.4 Å². The average molecular weight is 438 g/mol. The number of nitrogens with zero attached hydrogens (tertiary/aromatic N) is 1. The summed E-state index contributed by atoms with van der Waals surface area (Å²) < 4.78 is 44.3. The van der Waals surface area contributed by atoms with Crippen LogP contribution in [0, 0.1) is 0 Å². The van der Waals surface area contributed by atoms with Gasteiger partial charge < -0.3 is 27.3 Å². The fourth-order valence-electron chi connectivity index (χ4n) is 2.95. The highest BCUT2D eigenvalue weighted by molar-refractivity contribution is 5.75. The lowest BCUT2D eigenvalue weighted by Crippen LogP contribution is -2.23. The summed E-state index contributed by atoms with van der Waals surface area (Å²) >= 11 is 0. The van der Waals surface area contributed by atoms with Gasteiger partial charge in [-0.2, -0.15) is 13.2 Å². The Morgan fingerprint density at radius 3 is 2.32 bits per heavy atom. The second-order valence-corrected chi connectivity index (χ2v) is 7.08. The molecule has 2 aromatic rings. The maximum Gasteiger partial charge on any atom is 0.416 e. The number of unbranched alkanes of at least 4 members (excludes halogenated alkanes) is 1. The molecule has 6 nitrogen and oxygen atoms in total. The van der Waals surface area contributed by atoms with E-state index in [9.17, 15) is 13.2 Å². The van der Waals surface area contributed by atoms with Crippen molar-refractivity contribution in [3.05, 3.63) is 53.6 Å². The largest absolute Gasteiger partial charge is 0.493 e. The minimum absolute atomic E-state index is 0.0901. The van der Waals surface area contributed by atoms with E-state index in [0.29, 0.717) is 31.8 Å². The van der Waals surface area contributed by atoms with E-state index >= 15 is 0 Å². The van der Waals surface area contributed by atoms with Crippen molar-refractivity contribution >= 4 is 5.96 Å². The van der Waals surface area contributed by atoms with E-state index < -0.39 is 11.7 Å². The van der Waals surface area contributed by atoms with Gasteiger partial charge in [0.25, 0.3) is 0 Å². The van der Waals surface area contributed by atoms with Crippen molar-refractivity contribution in [2.45, 2.75) is 32.0 Å². The molecular weight excluding hydrogens is 407 g/mol. The van der Waals surface area contributed by atoms with Crippen LogP contribution in [0.15, 0.2) is 47.5 Å². The first kappa shape index (κ1) is 24.5. The molecule has 0 atom stereocenters. The van der Waals surface area contributed by atoms with Crippen molar-refractivity contribution in [2.24, 2.45) is 22.2 Å². The number of guanidine groups is 1. The predicted octanol–water partition coefficient (Wildman–Crippen LogP) is 3.24. The summed E-state index contributed by atoms with van der Waals surface area (Å²) in [5, 5.41) is 3.36. The fourth-order valence-corrected chi connectivity index (χ4v) is 2.95. The summed E-state index contributed by atoms with van der Waals surface area (Å²) in [6.07, 6.45) is -1.86. The smallest absolute Gasteiger partial charge is 0.416 e. The third-order valence-electron chi connectivity index (χ3n) is 4.58. The Kier molecular flexibility index (Phi) is 9.61. The number of aliphatic imine (C=N–C) groups is 1. The second-order valence-electron chi connectivity index (χ2n) is 7.08. The van der Waals surface area contributed by atoms with Crippen molar-refractivity contribution in [1.82, 2.24) is 5.32 Å². The number of nitrogens with one attached hydrogen (secondary N) is 1. The van der Waals surface area contributed by atoms with E-state index in [1.165, 1.54) is 12.1 Å². The predicted molar refractivity (Wildman–Crippen MR) is 118 cm³/mol. The van der Waals surface area contributed by atoms with E-state index in [1.807, 2.05) is 18.2 Å². The molecule has 0 unspecified atom stereocenters. The van der Waals surface area contributed by atoms with Crippen molar-refractivity contribution in [1.29, 1.82) is 0 Å². The molecule has 7 N–H and O–H groups in total. The lowest BCUT2D eigenvalue weighted by Gasteiger charge is -2.15. The highest BCUT2D eigenvalue weighted by Gasteiger charge is 2.29. The molecule has 0 radical (unpaired) electrons. The van der Waals surface area contributed by atoms with E-state index in [1.54, 1.807) is 0 Å². The molecule has 0 aliphatic rings. The van der Waals surface area contributed by atoms with Gasteiger partial charge in [0, 0.05) is 18.7 Å². The molecule has 31 heavy (non-hydrogen) atoms. The molecular formula is C22H30F3N5O. The van der Waals surface area contributed by atoms with E-state index in [-0.39, 0.29) is 5.96 Å². The number of halogens is 3. The summed E-state index contributed by atoms with van der Waals surface area (Å²) in [7, 11) is 0.